The number of imidazole rings is 1. The Labute approximate surface area is 232 Å². The molecule has 0 spiro atoms. The molecule has 3 heterocycles. The zero-order chi connectivity index (χ0) is 28.5. The molecule has 0 saturated carbocycles. The van der Waals surface area contributed by atoms with Gasteiger partial charge in [-0.25, -0.2) is 13.8 Å². The highest BCUT2D eigenvalue weighted by Crippen LogP contribution is 2.35. The number of aliphatic carboxylic acids is 1. The minimum atomic E-state index is -2.68. The van der Waals surface area contributed by atoms with Crippen LogP contribution in [0.3, 0.4) is 0 Å². The van der Waals surface area contributed by atoms with Crippen LogP contribution < -0.4 is 9.64 Å². The fourth-order valence-corrected chi connectivity index (χ4v) is 5.42. The van der Waals surface area contributed by atoms with Gasteiger partial charge in [0.15, 0.2) is 0 Å². The number of benzene rings is 2. The molecule has 1 aliphatic heterocycles. The van der Waals surface area contributed by atoms with Crippen LogP contribution in [-0.4, -0.2) is 49.4 Å². The second-order valence-electron chi connectivity index (χ2n) is 10.7. The maximum absolute atomic E-state index is 13.9. The van der Waals surface area contributed by atoms with Gasteiger partial charge >= 0.3 is 5.97 Å². The third-order valence-electron chi connectivity index (χ3n) is 8.04. The van der Waals surface area contributed by atoms with Crippen molar-refractivity contribution in [2.75, 3.05) is 18.0 Å². The Hall–Kier alpha value is -3.95. The molecule has 40 heavy (non-hydrogen) atoms. The molecular formula is C30H35F2N5O3. The Morgan fingerprint density at radius 2 is 1.95 bits per heavy atom. The standard InChI is InChI=1S/C30H35F2N5O3/c1-4-29(5-2,28(38)39)17-27-33-25-10-9-24(40-19-22-11-13-35(3)34-22)16-26(25)37(27)18-21-7-6-8-23(15-21)36-14-12-30(31,32)20-36/h6-11,13,15-16H,4-5,12,14,17-20H2,1-3H3,(H,38,39). The fraction of sp³-hybridized carbons (Fsp3) is 0.433. The summed E-state index contributed by atoms with van der Waals surface area (Å²) in [6.45, 7) is 4.52. The number of carboxylic acid groups (broad SMARTS) is 1. The molecule has 1 fully saturated rings. The Morgan fingerprint density at radius 3 is 2.60 bits per heavy atom. The van der Waals surface area contributed by atoms with Crippen LogP contribution in [0, 0.1) is 5.41 Å². The lowest BCUT2D eigenvalue weighted by Gasteiger charge is -2.26. The van der Waals surface area contributed by atoms with Gasteiger partial charge in [-0.05, 0) is 48.7 Å². The second-order valence-corrected chi connectivity index (χ2v) is 10.7. The molecule has 2 aromatic carbocycles. The largest absolute Gasteiger partial charge is 0.487 e. The van der Waals surface area contributed by atoms with E-state index >= 15 is 0 Å². The third kappa shape index (κ3) is 5.66. The van der Waals surface area contributed by atoms with E-state index in [1.54, 1.807) is 9.58 Å². The summed E-state index contributed by atoms with van der Waals surface area (Å²) >= 11 is 0. The van der Waals surface area contributed by atoms with Crippen molar-refractivity contribution in [2.45, 2.75) is 58.6 Å². The van der Waals surface area contributed by atoms with Crippen molar-refractivity contribution in [1.29, 1.82) is 0 Å². The van der Waals surface area contributed by atoms with Gasteiger partial charge in [0.25, 0.3) is 5.92 Å². The van der Waals surface area contributed by atoms with Gasteiger partial charge in [-0.15, -0.1) is 0 Å². The average molecular weight is 552 g/mol. The molecule has 5 rings (SSSR count). The SMILES string of the molecule is CCC(CC)(Cc1nc2ccc(OCc3ccn(C)n3)cc2n1Cc1cccc(N2CCC(F)(F)C2)c1)C(=O)O. The molecule has 1 N–H and O–H groups in total. The van der Waals surface area contributed by atoms with Crippen molar-refractivity contribution in [3.05, 3.63) is 71.8 Å². The molecule has 0 aliphatic carbocycles. The highest BCUT2D eigenvalue weighted by atomic mass is 19.3. The fourth-order valence-electron chi connectivity index (χ4n) is 5.42. The molecule has 1 saturated heterocycles. The number of rotatable bonds is 11. The Bertz CT molecular complexity index is 1510. The number of alkyl halides is 2. The first-order chi connectivity index (χ1) is 19.1. The zero-order valence-electron chi connectivity index (χ0n) is 23.1. The monoisotopic (exact) mass is 551 g/mol. The maximum Gasteiger partial charge on any atom is 0.310 e. The molecule has 212 valence electrons. The van der Waals surface area contributed by atoms with E-state index in [-0.39, 0.29) is 19.4 Å². The first kappa shape index (κ1) is 27.6. The number of halogens is 2. The van der Waals surface area contributed by atoms with E-state index in [2.05, 4.69) is 5.10 Å². The van der Waals surface area contributed by atoms with E-state index in [0.717, 1.165) is 28.0 Å². The van der Waals surface area contributed by atoms with E-state index in [1.165, 1.54) is 0 Å². The van der Waals surface area contributed by atoms with Crippen molar-refractivity contribution < 1.29 is 23.4 Å². The van der Waals surface area contributed by atoms with Gasteiger partial charge < -0.3 is 19.3 Å². The minimum Gasteiger partial charge on any atom is -0.487 e. The molecular weight excluding hydrogens is 516 g/mol. The number of fused-ring (bicyclic) bond motifs is 1. The molecule has 0 unspecified atom stereocenters. The molecule has 0 bridgehead atoms. The van der Waals surface area contributed by atoms with E-state index in [4.69, 9.17) is 9.72 Å². The van der Waals surface area contributed by atoms with Crippen molar-refractivity contribution in [3.8, 4) is 5.75 Å². The van der Waals surface area contributed by atoms with Crippen molar-refractivity contribution >= 4 is 22.7 Å². The Balaban J connectivity index is 1.51. The molecule has 8 nitrogen and oxygen atoms in total. The quantitative estimate of drug-likeness (QED) is 0.258. The Kier molecular flexibility index (Phi) is 7.53. The second kappa shape index (κ2) is 10.9. The molecule has 0 radical (unpaired) electrons. The summed E-state index contributed by atoms with van der Waals surface area (Å²) < 4.78 is 37.6. The summed E-state index contributed by atoms with van der Waals surface area (Å²) in [5, 5.41) is 14.5. The van der Waals surface area contributed by atoms with Crippen LogP contribution in [-0.2, 0) is 31.4 Å². The lowest BCUT2D eigenvalue weighted by atomic mass is 9.79. The van der Waals surface area contributed by atoms with Crippen LogP contribution in [0.15, 0.2) is 54.7 Å². The number of aryl methyl sites for hydroxylation is 1. The van der Waals surface area contributed by atoms with Gasteiger partial charge in [0.05, 0.1) is 28.7 Å². The van der Waals surface area contributed by atoms with Crippen molar-refractivity contribution in [2.24, 2.45) is 12.5 Å². The van der Waals surface area contributed by atoms with Gasteiger partial charge in [0.2, 0.25) is 0 Å². The van der Waals surface area contributed by atoms with Crippen LogP contribution in [0.1, 0.15) is 50.2 Å². The van der Waals surface area contributed by atoms with Gasteiger partial charge in [0.1, 0.15) is 18.2 Å². The predicted octanol–water partition coefficient (Wildman–Crippen LogP) is 5.68. The summed E-state index contributed by atoms with van der Waals surface area (Å²) in [5.74, 6) is -2.21. The number of hydrogen-bond donors (Lipinski definition) is 1. The summed E-state index contributed by atoms with van der Waals surface area (Å²) in [5.41, 5.74) is 3.09. The van der Waals surface area contributed by atoms with Crippen LogP contribution in [0.2, 0.25) is 0 Å². The Morgan fingerprint density at radius 1 is 1.15 bits per heavy atom. The van der Waals surface area contributed by atoms with Crippen LogP contribution in [0.4, 0.5) is 14.5 Å². The number of carboxylic acids is 1. The molecule has 4 aromatic rings. The van der Waals surface area contributed by atoms with Gasteiger partial charge in [-0.2, -0.15) is 5.10 Å². The number of aromatic nitrogens is 4. The van der Waals surface area contributed by atoms with E-state index < -0.39 is 17.3 Å². The third-order valence-corrected chi connectivity index (χ3v) is 8.04. The number of carbonyl (C=O) groups is 1. The lowest BCUT2D eigenvalue weighted by molar-refractivity contribution is -0.149. The molecule has 2 aromatic heterocycles. The van der Waals surface area contributed by atoms with E-state index in [0.29, 0.717) is 44.1 Å². The number of nitrogens with zero attached hydrogens (tertiary/aromatic N) is 5. The lowest BCUT2D eigenvalue weighted by Crippen LogP contribution is -2.33. The van der Waals surface area contributed by atoms with Crippen LogP contribution in [0.25, 0.3) is 11.0 Å². The van der Waals surface area contributed by atoms with Crippen LogP contribution in [0.5, 0.6) is 5.75 Å². The number of hydrogen-bond acceptors (Lipinski definition) is 5. The summed E-state index contributed by atoms with van der Waals surface area (Å²) in [6.07, 6.45) is 2.92. The topological polar surface area (TPSA) is 85.4 Å². The molecule has 0 atom stereocenters. The zero-order valence-corrected chi connectivity index (χ0v) is 23.1. The van der Waals surface area contributed by atoms with Crippen molar-refractivity contribution in [1.82, 2.24) is 19.3 Å². The summed E-state index contributed by atoms with van der Waals surface area (Å²) in [6, 6.07) is 15.2. The predicted molar refractivity (Wildman–Crippen MR) is 149 cm³/mol. The van der Waals surface area contributed by atoms with Gasteiger partial charge in [-0.1, -0.05) is 26.0 Å². The first-order valence-electron chi connectivity index (χ1n) is 13.7. The highest BCUT2D eigenvalue weighted by Gasteiger charge is 2.39. The van der Waals surface area contributed by atoms with Crippen molar-refractivity contribution in [3.63, 3.8) is 0 Å². The normalized spacial score (nSPS) is 15.2. The molecule has 0 amide bonds. The number of anilines is 1. The maximum atomic E-state index is 13.9. The summed E-state index contributed by atoms with van der Waals surface area (Å²) in [7, 11) is 1.85. The smallest absolute Gasteiger partial charge is 0.310 e. The molecule has 10 heteroatoms. The van der Waals surface area contributed by atoms with Gasteiger partial charge in [0, 0.05) is 50.9 Å². The average Bonchev–Trinajstić information content (AvgIpc) is 3.62. The van der Waals surface area contributed by atoms with E-state index in [9.17, 15) is 18.7 Å². The minimum absolute atomic E-state index is 0.153. The van der Waals surface area contributed by atoms with Gasteiger partial charge in [-0.3, -0.25) is 9.48 Å². The first-order valence-corrected chi connectivity index (χ1v) is 13.7. The highest BCUT2D eigenvalue weighted by molar-refractivity contribution is 5.79. The van der Waals surface area contributed by atoms with Crippen LogP contribution >= 0.6 is 0 Å². The number of ether oxygens (including phenoxy) is 1. The molecule has 1 aliphatic rings. The summed E-state index contributed by atoms with van der Waals surface area (Å²) in [4.78, 5) is 18.9. The van der Waals surface area contributed by atoms with E-state index in [1.807, 2.05) is 80.2 Å².